The van der Waals surface area contributed by atoms with Crippen molar-refractivity contribution in [3.05, 3.63) is 71.8 Å². The number of rotatable bonds is 13. The van der Waals surface area contributed by atoms with E-state index in [0.29, 0.717) is 32.7 Å². The highest BCUT2D eigenvalue weighted by Gasteiger charge is 2.23. The number of hydrogen-bond acceptors (Lipinski definition) is 7. The van der Waals surface area contributed by atoms with Crippen LogP contribution in [0.25, 0.3) is 0 Å². The van der Waals surface area contributed by atoms with E-state index < -0.39 is 18.1 Å². The molecular weight excluding hydrogens is 504 g/mol. The molecule has 2 aromatic carbocycles. The fourth-order valence-corrected chi connectivity index (χ4v) is 3.92. The summed E-state index contributed by atoms with van der Waals surface area (Å²) in [5, 5.41) is 19.9. The van der Waals surface area contributed by atoms with E-state index in [9.17, 15) is 24.3 Å². The zero-order valence-corrected chi connectivity index (χ0v) is 21.8. The quantitative estimate of drug-likeness (QED) is 0.248. The number of ether oxygens (including phenoxy) is 1. The van der Waals surface area contributed by atoms with E-state index in [1.54, 1.807) is 24.3 Å². The van der Waals surface area contributed by atoms with Gasteiger partial charge in [-0.15, -0.1) is 0 Å². The number of carbonyl (C=O) groups excluding carboxylic acids is 3. The Morgan fingerprint density at radius 3 is 2.08 bits per heavy atom. The van der Waals surface area contributed by atoms with Crippen LogP contribution in [-0.4, -0.2) is 97.3 Å². The Morgan fingerprint density at radius 1 is 0.821 bits per heavy atom. The third-order valence-electron chi connectivity index (χ3n) is 6.15. The van der Waals surface area contributed by atoms with E-state index in [4.69, 9.17) is 4.74 Å². The summed E-state index contributed by atoms with van der Waals surface area (Å²) < 4.78 is 5.05. The van der Waals surface area contributed by atoms with E-state index in [-0.39, 0.29) is 31.6 Å². The molecule has 12 heteroatoms. The van der Waals surface area contributed by atoms with Crippen molar-refractivity contribution in [1.29, 1.82) is 0 Å². The molecule has 0 saturated carbocycles. The van der Waals surface area contributed by atoms with Crippen molar-refractivity contribution in [1.82, 2.24) is 31.1 Å². The molecule has 2 aromatic rings. The van der Waals surface area contributed by atoms with Crippen LogP contribution in [0, 0.1) is 0 Å². The number of amides is 4. The minimum atomic E-state index is -1.31. The highest BCUT2D eigenvalue weighted by molar-refractivity contribution is 5.82. The van der Waals surface area contributed by atoms with Gasteiger partial charge in [-0.1, -0.05) is 60.7 Å². The number of carboxylic acids is 1. The lowest BCUT2D eigenvalue weighted by atomic mass is 10.2. The van der Waals surface area contributed by atoms with Gasteiger partial charge in [-0.2, -0.15) is 0 Å². The van der Waals surface area contributed by atoms with Crippen LogP contribution in [0.4, 0.5) is 9.59 Å². The first-order valence-electron chi connectivity index (χ1n) is 12.9. The zero-order valence-electron chi connectivity index (χ0n) is 21.8. The maximum Gasteiger partial charge on any atom is 0.408 e. The molecule has 1 aliphatic heterocycles. The fourth-order valence-electron chi connectivity index (χ4n) is 3.92. The number of nitrogens with zero attached hydrogens (tertiary/aromatic N) is 2. The molecule has 12 nitrogen and oxygen atoms in total. The van der Waals surface area contributed by atoms with Gasteiger partial charge in [-0.25, -0.2) is 14.4 Å². The molecule has 0 bridgehead atoms. The van der Waals surface area contributed by atoms with Crippen LogP contribution in [0.1, 0.15) is 11.1 Å². The second kappa shape index (κ2) is 15.9. The van der Waals surface area contributed by atoms with Crippen molar-refractivity contribution in [2.45, 2.75) is 19.2 Å². The fraction of sp³-hybridized carbons (Fsp3) is 0.407. The Labute approximate surface area is 227 Å². The van der Waals surface area contributed by atoms with Gasteiger partial charge in [0, 0.05) is 52.4 Å². The predicted octanol–water partition coefficient (Wildman–Crippen LogP) is 0.599. The molecule has 1 fully saturated rings. The van der Waals surface area contributed by atoms with Gasteiger partial charge in [-0.3, -0.25) is 14.6 Å². The van der Waals surface area contributed by atoms with Crippen LogP contribution >= 0.6 is 0 Å². The minimum absolute atomic E-state index is 0.00880. The monoisotopic (exact) mass is 540 g/mol. The lowest BCUT2D eigenvalue weighted by Crippen LogP contribution is -2.53. The Bertz CT molecular complexity index is 1060. The van der Waals surface area contributed by atoms with Crippen molar-refractivity contribution in [3.63, 3.8) is 0 Å². The maximum absolute atomic E-state index is 12.4. The van der Waals surface area contributed by atoms with Gasteiger partial charge in [-0.05, 0) is 11.1 Å². The molecule has 0 aromatic heterocycles. The number of aliphatic carboxylic acids is 1. The lowest BCUT2D eigenvalue weighted by Gasteiger charge is -2.34. The van der Waals surface area contributed by atoms with E-state index in [0.717, 1.165) is 24.2 Å². The molecule has 1 saturated heterocycles. The number of benzene rings is 2. The molecule has 1 atom stereocenters. The van der Waals surface area contributed by atoms with Gasteiger partial charge in [0.2, 0.25) is 5.91 Å². The van der Waals surface area contributed by atoms with Gasteiger partial charge in [0.25, 0.3) is 0 Å². The molecule has 0 spiro atoms. The molecule has 3 rings (SSSR count). The number of carboxylic acid groups (broad SMARTS) is 1. The highest BCUT2D eigenvalue weighted by Crippen LogP contribution is 2.02. The standard InChI is InChI=1S/C27H36N6O6/c34-24(29-18-23(25(35)36)31-27(38)39-20-22-9-5-2-6-10-22)19-33-15-13-32(14-16-33)12-11-28-26(37)30-17-21-7-3-1-4-8-21/h1-10,23H,11-20H2,(H,29,34)(H,31,38)(H,35,36)(H2,28,30,37). The van der Waals surface area contributed by atoms with Crippen molar-refractivity contribution < 1.29 is 29.0 Å². The second-order valence-electron chi connectivity index (χ2n) is 9.11. The predicted molar refractivity (Wildman–Crippen MR) is 144 cm³/mol. The van der Waals surface area contributed by atoms with Gasteiger partial charge >= 0.3 is 18.1 Å². The van der Waals surface area contributed by atoms with Crippen LogP contribution in [0.5, 0.6) is 0 Å². The summed E-state index contributed by atoms with van der Waals surface area (Å²) in [4.78, 5) is 52.0. The Hall–Kier alpha value is -4.16. The topological polar surface area (TPSA) is 152 Å². The molecule has 39 heavy (non-hydrogen) atoms. The number of alkyl carbamates (subject to hydrolysis) is 1. The van der Waals surface area contributed by atoms with E-state index in [1.807, 2.05) is 41.3 Å². The SMILES string of the molecule is O=C(CN1CCN(CCNC(=O)NCc2ccccc2)CC1)NCC(NC(=O)OCc1ccccc1)C(=O)O. The van der Waals surface area contributed by atoms with Crippen molar-refractivity contribution in [2.24, 2.45) is 0 Å². The smallest absolute Gasteiger partial charge is 0.408 e. The maximum atomic E-state index is 12.4. The molecule has 0 aliphatic carbocycles. The van der Waals surface area contributed by atoms with E-state index in [1.165, 1.54) is 0 Å². The van der Waals surface area contributed by atoms with Crippen molar-refractivity contribution in [3.8, 4) is 0 Å². The van der Waals surface area contributed by atoms with Crippen LogP contribution in [0.3, 0.4) is 0 Å². The van der Waals surface area contributed by atoms with Gasteiger partial charge < -0.3 is 31.1 Å². The molecule has 1 unspecified atom stereocenters. The summed E-state index contributed by atoms with van der Waals surface area (Å²) in [6, 6.07) is 17.2. The number of nitrogens with one attached hydrogen (secondary N) is 4. The van der Waals surface area contributed by atoms with Crippen molar-refractivity contribution >= 4 is 24.0 Å². The zero-order chi connectivity index (χ0) is 27.9. The summed E-state index contributed by atoms with van der Waals surface area (Å²) >= 11 is 0. The van der Waals surface area contributed by atoms with Gasteiger partial charge in [0.1, 0.15) is 12.6 Å². The summed E-state index contributed by atoms with van der Waals surface area (Å²) in [7, 11) is 0. The largest absolute Gasteiger partial charge is 0.480 e. The molecule has 5 N–H and O–H groups in total. The Kier molecular flexibility index (Phi) is 12.0. The first-order valence-corrected chi connectivity index (χ1v) is 12.9. The van der Waals surface area contributed by atoms with Crippen LogP contribution in [0.2, 0.25) is 0 Å². The summed E-state index contributed by atoms with van der Waals surface area (Å²) in [6.45, 7) is 4.37. The third kappa shape index (κ3) is 11.4. The molecule has 1 aliphatic rings. The summed E-state index contributed by atoms with van der Waals surface area (Å²) in [6.07, 6.45) is -0.875. The summed E-state index contributed by atoms with van der Waals surface area (Å²) in [5.41, 5.74) is 1.80. The van der Waals surface area contributed by atoms with E-state index >= 15 is 0 Å². The van der Waals surface area contributed by atoms with Crippen LogP contribution < -0.4 is 21.3 Å². The van der Waals surface area contributed by atoms with E-state index in [2.05, 4.69) is 26.2 Å². The average Bonchev–Trinajstić information content (AvgIpc) is 2.95. The number of hydrogen-bond donors (Lipinski definition) is 5. The second-order valence-corrected chi connectivity index (χ2v) is 9.11. The molecule has 4 amide bonds. The third-order valence-corrected chi connectivity index (χ3v) is 6.15. The lowest BCUT2D eigenvalue weighted by molar-refractivity contribution is -0.139. The highest BCUT2D eigenvalue weighted by atomic mass is 16.5. The van der Waals surface area contributed by atoms with Crippen LogP contribution in [-0.2, 0) is 27.5 Å². The Balaban J connectivity index is 1.26. The van der Waals surface area contributed by atoms with Crippen molar-refractivity contribution in [2.75, 3.05) is 52.4 Å². The number of piperazine rings is 1. The van der Waals surface area contributed by atoms with Crippen LogP contribution in [0.15, 0.2) is 60.7 Å². The molecule has 210 valence electrons. The molecule has 0 radical (unpaired) electrons. The number of carbonyl (C=O) groups is 4. The minimum Gasteiger partial charge on any atom is -0.480 e. The van der Waals surface area contributed by atoms with Gasteiger partial charge in [0.05, 0.1) is 6.54 Å². The Morgan fingerprint density at radius 2 is 1.44 bits per heavy atom. The first kappa shape index (κ1) is 29.4. The average molecular weight is 541 g/mol. The summed E-state index contributed by atoms with van der Waals surface area (Å²) in [5.74, 6) is -1.60. The van der Waals surface area contributed by atoms with Gasteiger partial charge in [0.15, 0.2) is 0 Å². The first-order chi connectivity index (χ1) is 18.9. The molecule has 1 heterocycles. The normalized spacial score (nSPS) is 14.6. The molecular formula is C27H36N6O6. The number of urea groups is 1.